The van der Waals surface area contributed by atoms with E-state index in [4.69, 9.17) is 14.2 Å². The minimum Gasteiger partial charge on any atom is -0.493 e. The molecule has 146 valence electrons. The first-order chi connectivity index (χ1) is 12.9. The summed E-state index contributed by atoms with van der Waals surface area (Å²) >= 11 is 0. The predicted molar refractivity (Wildman–Crippen MR) is 101 cm³/mol. The lowest BCUT2D eigenvalue weighted by Gasteiger charge is -2.14. The summed E-state index contributed by atoms with van der Waals surface area (Å²) in [4.78, 5) is 12.3. The van der Waals surface area contributed by atoms with Crippen LogP contribution in [0, 0.1) is 0 Å². The molecule has 2 aromatic carbocycles. The Bertz CT molecular complexity index is 859. The van der Waals surface area contributed by atoms with E-state index in [0.29, 0.717) is 22.9 Å². The molecule has 0 saturated heterocycles. The number of methoxy groups -OCH3 is 3. The van der Waals surface area contributed by atoms with Crippen LogP contribution in [-0.2, 0) is 14.8 Å². The first-order valence-corrected chi connectivity index (χ1v) is 9.54. The number of nitrogens with one attached hydrogen (secondary N) is 2. The topological polar surface area (TPSA) is 103 Å². The first-order valence-electron chi connectivity index (χ1n) is 8.06. The molecule has 0 spiro atoms. The van der Waals surface area contributed by atoms with Gasteiger partial charge in [0.25, 0.3) is 0 Å². The Balaban J connectivity index is 1.98. The highest BCUT2D eigenvalue weighted by molar-refractivity contribution is 7.89. The third kappa shape index (κ3) is 5.35. The van der Waals surface area contributed by atoms with Crippen molar-refractivity contribution < 1.29 is 27.4 Å². The van der Waals surface area contributed by atoms with Crippen LogP contribution in [0.4, 0.5) is 5.69 Å². The predicted octanol–water partition coefficient (Wildman–Crippen LogP) is 2.02. The van der Waals surface area contributed by atoms with E-state index in [0.717, 1.165) is 0 Å². The normalized spacial score (nSPS) is 10.9. The maximum atomic E-state index is 12.1. The average molecular weight is 394 g/mol. The van der Waals surface area contributed by atoms with Gasteiger partial charge >= 0.3 is 0 Å². The van der Waals surface area contributed by atoms with Crippen LogP contribution in [0.3, 0.4) is 0 Å². The summed E-state index contributed by atoms with van der Waals surface area (Å²) in [6.45, 7) is -0.0342. The van der Waals surface area contributed by atoms with Crippen LogP contribution in [0.1, 0.15) is 6.42 Å². The summed E-state index contributed by atoms with van der Waals surface area (Å²) in [5.74, 6) is 0.850. The van der Waals surface area contributed by atoms with Gasteiger partial charge in [0, 0.05) is 30.8 Å². The van der Waals surface area contributed by atoms with Gasteiger partial charge in [-0.15, -0.1) is 0 Å². The van der Waals surface area contributed by atoms with Crippen molar-refractivity contribution in [2.45, 2.75) is 11.3 Å². The SMILES string of the molecule is COc1cc(NC(=O)CCNS(=O)(=O)c2ccccc2)cc(OC)c1OC. The van der Waals surface area contributed by atoms with Crippen molar-refractivity contribution in [3.8, 4) is 17.2 Å². The Morgan fingerprint density at radius 1 is 0.963 bits per heavy atom. The lowest BCUT2D eigenvalue weighted by Crippen LogP contribution is -2.27. The number of hydrogen-bond donors (Lipinski definition) is 2. The van der Waals surface area contributed by atoms with Gasteiger partial charge in [0.05, 0.1) is 26.2 Å². The van der Waals surface area contributed by atoms with Crippen molar-refractivity contribution in [1.82, 2.24) is 4.72 Å². The summed E-state index contributed by atoms with van der Waals surface area (Å²) in [5.41, 5.74) is 0.445. The molecular weight excluding hydrogens is 372 g/mol. The van der Waals surface area contributed by atoms with Crippen LogP contribution in [-0.4, -0.2) is 42.2 Å². The second kappa shape index (κ2) is 9.24. The molecule has 0 atom stereocenters. The molecule has 1 amide bonds. The van der Waals surface area contributed by atoms with Crippen molar-refractivity contribution in [2.75, 3.05) is 33.2 Å². The molecule has 0 unspecified atom stereocenters. The van der Waals surface area contributed by atoms with E-state index in [1.165, 1.54) is 33.5 Å². The molecule has 0 aliphatic rings. The van der Waals surface area contributed by atoms with Crippen LogP contribution >= 0.6 is 0 Å². The van der Waals surface area contributed by atoms with Gasteiger partial charge < -0.3 is 19.5 Å². The van der Waals surface area contributed by atoms with Crippen LogP contribution in [0.2, 0.25) is 0 Å². The minimum absolute atomic E-state index is 0.0342. The lowest BCUT2D eigenvalue weighted by atomic mass is 10.2. The fourth-order valence-corrected chi connectivity index (χ4v) is 3.41. The number of anilines is 1. The summed E-state index contributed by atoms with van der Waals surface area (Å²) in [5, 5.41) is 2.68. The number of carbonyl (C=O) groups excluding carboxylic acids is 1. The number of rotatable bonds is 9. The number of benzene rings is 2. The van der Waals surface area contributed by atoms with E-state index in [9.17, 15) is 13.2 Å². The van der Waals surface area contributed by atoms with Gasteiger partial charge in [-0.25, -0.2) is 13.1 Å². The van der Waals surface area contributed by atoms with Gasteiger partial charge in [-0.2, -0.15) is 0 Å². The van der Waals surface area contributed by atoms with Gasteiger partial charge in [0.15, 0.2) is 11.5 Å². The van der Waals surface area contributed by atoms with Crippen molar-refractivity contribution in [2.24, 2.45) is 0 Å². The molecular formula is C18H22N2O6S. The third-order valence-electron chi connectivity index (χ3n) is 3.65. The summed E-state index contributed by atoms with van der Waals surface area (Å²) < 4.78 is 42.3. The van der Waals surface area contributed by atoms with E-state index in [1.807, 2.05) is 0 Å². The molecule has 0 radical (unpaired) electrons. The molecule has 0 aliphatic heterocycles. The number of sulfonamides is 1. The van der Waals surface area contributed by atoms with Crippen molar-refractivity contribution in [1.29, 1.82) is 0 Å². The molecule has 0 bridgehead atoms. The van der Waals surface area contributed by atoms with E-state index >= 15 is 0 Å². The Labute approximate surface area is 158 Å². The van der Waals surface area contributed by atoms with Gasteiger partial charge in [0.1, 0.15) is 0 Å². The maximum absolute atomic E-state index is 12.1. The lowest BCUT2D eigenvalue weighted by molar-refractivity contribution is -0.116. The number of ether oxygens (including phenoxy) is 3. The highest BCUT2D eigenvalue weighted by atomic mass is 32.2. The molecule has 0 fully saturated rings. The third-order valence-corrected chi connectivity index (χ3v) is 5.12. The smallest absolute Gasteiger partial charge is 0.240 e. The van der Waals surface area contributed by atoms with Crippen molar-refractivity contribution in [3.05, 3.63) is 42.5 Å². The monoisotopic (exact) mass is 394 g/mol. The molecule has 0 saturated carbocycles. The van der Waals surface area contributed by atoms with E-state index in [-0.39, 0.29) is 23.8 Å². The van der Waals surface area contributed by atoms with Gasteiger partial charge in [-0.05, 0) is 12.1 Å². The zero-order valence-corrected chi connectivity index (χ0v) is 16.1. The molecule has 0 heterocycles. The van der Waals surface area contributed by atoms with E-state index in [2.05, 4.69) is 10.0 Å². The minimum atomic E-state index is -3.65. The molecule has 0 aromatic heterocycles. The molecule has 27 heavy (non-hydrogen) atoms. The summed E-state index contributed by atoms with van der Waals surface area (Å²) in [6.07, 6.45) is -0.0390. The Morgan fingerprint density at radius 2 is 1.56 bits per heavy atom. The van der Waals surface area contributed by atoms with Crippen LogP contribution in [0.5, 0.6) is 17.2 Å². The van der Waals surface area contributed by atoms with Crippen molar-refractivity contribution >= 4 is 21.6 Å². The van der Waals surface area contributed by atoms with E-state index < -0.39 is 10.0 Å². The quantitative estimate of drug-likeness (QED) is 0.675. The second-order valence-electron chi connectivity index (χ2n) is 5.42. The molecule has 9 heteroatoms. The standard InChI is InChI=1S/C18H22N2O6S/c1-24-15-11-13(12-16(25-2)18(15)26-3)20-17(21)9-10-19-27(22,23)14-7-5-4-6-8-14/h4-8,11-12,19H,9-10H2,1-3H3,(H,20,21). The Morgan fingerprint density at radius 3 is 2.07 bits per heavy atom. The fourth-order valence-electron chi connectivity index (χ4n) is 2.36. The van der Waals surface area contributed by atoms with Crippen LogP contribution in [0.15, 0.2) is 47.4 Å². The molecule has 8 nitrogen and oxygen atoms in total. The second-order valence-corrected chi connectivity index (χ2v) is 7.19. The summed E-state index contributed by atoms with van der Waals surface area (Å²) in [7, 11) is 0.785. The highest BCUT2D eigenvalue weighted by Crippen LogP contribution is 2.39. The van der Waals surface area contributed by atoms with Crippen molar-refractivity contribution in [3.63, 3.8) is 0 Å². The summed E-state index contributed by atoms with van der Waals surface area (Å²) in [6, 6.07) is 11.1. The Hall–Kier alpha value is -2.78. The molecule has 2 N–H and O–H groups in total. The van der Waals surface area contributed by atoms with E-state index in [1.54, 1.807) is 30.3 Å². The highest BCUT2D eigenvalue weighted by Gasteiger charge is 2.16. The average Bonchev–Trinajstić information content (AvgIpc) is 2.67. The number of carbonyl (C=O) groups is 1. The molecule has 0 aliphatic carbocycles. The molecule has 2 rings (SSSR count). The van der Waals surface area contributed by atoms with Crippen LogP contribution < -0.4 is 24.2 Å². The fraction of sp³-hybridized carbons (Fsp3) is 0.278. The van der Waals surface area contributed by atoms with Gasteiger partial charge in [0.2, 0.25) is 21.7 Å². The zero-order chi connectivity index (χ0) is 19.9. The first kappa shape index (κ1) is 20.5. The maximum Gasteiger partial charge on any atom is 0.240 e. The zero-order valence-electron chi connectivity index (χ0n) is 15.3. The Kier molecular flexibility index (Phi) is 7.03. The van der Waals surface area contributed by atoms with Crippen LogP contribution in [0.25, 0.3) is 0 Å². The van der Waals surface area contributed by atoms with Gasteiger partial charge in [-0.1, -0.05) is 18.2 Å². The number of amides is 1. The molecule has 2 aromatic rings. The largest absolute Gasteiger partial charge is 0.493 e. The van der Waals surface area contributed by atoms with Gasteiger partial charge in [-0.3, -0.25) is 4.79 Å². The number of hydrogen-bond acceptors (Lipinski definition) is 6.